The standard InChI is InChI=1S/C12H7BrF2O3/c13-10-5-7(18-12(14)15)1-3-9(10)11-4-2-8(6-16)17-11/h1-6,12H. The molecule has 0 aliphatic carbocycles. The van der Waals surface area contributed by atoms with Gasteiger partial charge in [-0.15, -0.1) is 0 Å². The predicted octanol–water partition coefficient (Wildman–Crippen LogP) is 4.12. The lowest BCUT2D eigenvalue weighted by molar-refractivity contribution is -0.0498. The van der Waals surface area contributed by atoms with Gasteiger partial charge in [-0.25, -0.2) is 0 Å². The summed E-state index contributed by atoms with van der Waals surface area (Å²) < 4.78 is 34.1. The van der Waals surface area contributed by atoms with Crippen LogP contribution in [0.4, 0.5) is 8.78 Å². The van der Waals surface area contributed by atoms with E-state index in [0.717, 1.165) is 0 Å². The van der Waals surface area contributed by atoms with Crippen molar-refractivity contribution in [3.05, 3.63) is 40.6 Å². The van der Waals surface area contributed by atoms with Gasteiger partial charge in [0, 0.05) is 10.0 Å². The molecule has 0 unspecified atom stereocenters. The van der Waals surface area contributed by atoms with Crippen molar-refractivity contribution >= 4 is 22.2 Å². The molecule has 0 aliphatic rings. The number of hydrogen-bond acceptors (Lipinski definition) is 3. The molecule has 0 N–H and O–H groups in total. The summed E-state index contributed by atoms with van der Waals surface area (Å²) in [5, 5.41) is 0. The van der Waals surface area contributed by atoms with Crippen LogP contribution < -0.4 is 4.74 Å². The van der Waals surface area contributed by atoms with Gasteiger partial charge in [0.1, 0.15) is 11.5 Å². The van der Waals surface area contributed by atoms with E-state index in [0.29, 0.717) is 22.1 Å². The second-order valence-corrected chi connectivity index (χ2v) is 4.19. The topological polar surface area (TPSA) is 39.4 Å². The Balaban J connectivity index is 2.32. The van der Waals surface area contributed by atoms with E-state index in [2.05, 4.69) is 20.7 Å². The van der Waals surface area contributed by atoms with Gasteiger partial charge in [-0.3, -0.25) is 4.79 Å². The number of aldehydes is 1. The average molecular weight is 317 g/mol. The Morgan fingerprint density at radius 2 is 2.06 bits per heavy atom. The van der Waals surface area contributed by atoms with Gasteiger partial charge >= 0.3 is 6.61 Å². The van der Waals surface area contributed by atoms with Crippen LogP contribution in [0.2, 0.25) is 0 Å². The Morgan fingerprint density at radius 1 is 1.28 bits per heavy atom. The van der Waals surface area contributed by atoms with E-state index >= 15 is 0 Å². The molecule has 0 radical (unpaired) electrons. The van der Waals surface area contributed by atoms with Crippen molar-refractivity contribution in [1.29, 1.82) is 0 Å². The summed E-state index contributed by atoms with van der Waals surface area (Å²) in [6, 6.07) is 7.52. The summed E-state index contributed by atoms with van der Waals surface area (Å²) in [4.78, 5) is 10.5. The summed E-state index contributed by atoms with van der Waals surface area (Å²) in [5.41, 5.74) is 0.643. The van der Waals surface area contributed by atoms with E-state index in [-0.39, 0.29) is 11.5 Å². The lowest BCUT2D eigenvalue weighted by Gasteiger charge is -2.06. The van der Waals surface area contributed by atoms with Gasteiger partial charge in [0.2, 0.25) is 0 Å². The molecule has 0 bridgehead atoms. The molecule has 0 saturated heterocycles. The molecule has 94 valence electrons. The van der Waals surface area contributed by atoms with E-state index < -0.39 is 6.61 Å². The van der Waals surface area contributed by atoms with Gasteiger partial charge < -0.3 is 9.15 Å². The van der Waals surface area contributed by atoms with Crippen LogP contribution in [-0.2, 0) is 0 Å². The third kappa shape index (κ3) is 2.76. The third-order valence-corrected chi connectivity index (χ3v) is 2.83. The summed E-state index contributed by atoms with van der Waals surface area (Å²) in [6.07, 6.45) is 0.589. The molecule has 1 heterocycles. The summed E-state index contributed by atoms with van der Waals surface area (Å²) in [7, 11) is 0. The molecule has 0 saturated carbocycles. The number of halogens is 3. The molecule has 0 fully saturated rings. The Hall–Kier alpha value is -1.69. The number of hydrogen-bond donors (Lipinski definition) is 0. The normalized spacial score (nSPS) is 10.7. The van der Waals surface area contributed by atoms with Gasteiger partial charge in [-0.1, -0.05) is 0 Å². The Bertz CT molecular complexity index is 566. The van der Waals surface area contributed by atoms with Crippen molar-refractivity contribution in [2.75, 3.05) is 0 Å². The Morgan fingerprint density at radius 3 is 2.61 bits per heavy atom. The van der Waals surface area contributed by atoms with Crippen LogP contribution in [0.1, 0.15) is 10.6 Å². The zero-order valence-corrected chi connectivity index (χ0v) is 10.5. The number of benzene rings is 1. The number of ether oxygens (including phenoxy) is 1. The number of carbonyl (C=O) groups is 1. The molecule has 18 heavy (non-hydrogen) atoms. The highest BCUT2D eigenvalue weighted by atomic mass is 79.9. The zero-order valence-electron chi connectivity index (χ0n) is 8.90. The molecular weight excluding hydrogens is 310 g/mol. The highest BCUT2D eigenvalue weighted by molar-refractivity contribution is 9.10. The number of carbonyl (C=O) groups excluding carboxylic acids is 1. The lowest BCUT2D eigenvalue weighted by Crippen LogP contribution is -2.01. The maximum atomic E-state index is 12.0. The molecule has 3 nitrogen and oxygen atoms in total. The molecule has 0 amide bonds. The first kappa shape index (κ1) is 12.8. The van der Waals surface area contributed by atoms with Crippen molar-refractivity contribution in [2.45, 2.75) is 6.61 Å². The fourth-order valence-electron chi connectivity index (χ4n) is 1.43. The predicted molar refractivity (Wildman–Crippen MR) is 63.9 cm³/mol. The van der Waals surface area contributed by atoms with Gasteiger partial charge in [0.15, 0.2) is 12.0 Å². The first-order valence-corrected chi connectivity index (χ1v) is 5.69. The van der Waals surface area contributed by atoms with Crippen molar-refractivity contribution in [1.82, 2.24) is 0 Å². The monoisotopic (exact) mass is 316 g/mol. The van der Waals surface area contributed by atoms with Crippen molar-refractivity contribution in [3.63, 3.8) is 0 Å². The van der Waals surface area contributed by atoms with E-state index in [1.54, 1.807) is 12.1 Å². The molecule has 2 rings (SSSR count). The van der Waals surface area contributed by atoms with Gasteiger partial charge in [0.05, 0.1) is 0 Å². The molecule has 6 heteroatoms. The Labute approximate surface area is 109 Å². The van der Waals surface area contributed by atoms with Gasteiger partial charge in [-0.2, -0.15) is 8.78 Å². The largest absolute Gasteiger partial charge is 0.453 e. The first-order chi connectivity index (χ1) is 8.60. The van der Waals surface area contributed by atoms with Crippen LogP contribution in [0.5, 0.6) is 5.75 Å². The van der Waals surface area contributed by atoms with Gasteiger partial charge in [-0.05, 0) is 46.3 Å². The molecule has 1 aromatic heterocycles. The molecule has 0 aliphatic heterocycles. The van der Waals surface area contributed by atoms with Crippen LogP contribution in [0.25, 0.3) is 11.3 Å². The maximum Gasteiger partial charge on any atom is 0.387 e. The van der Waals surface area contributed by atoms with Crippen LogP contribution in [0, 0.1) is 0 Å². The van der Waals surface area contributed by atoms with Crippen molar-refractivity contribution < 1.29 is 22.7 Å². The molecular formula is C12H7BrF2O3. The second kappa shape index (κ2) is 5.30. The summed E-state index contributed by atoms with van der Waals surface area (Å²) >= 11 is 3.23. The minimum Gasteiger partial charge on any atom is -0.453 e. The molecule has 0 atom stereocenters. The summed E-state index contributed by atoms with van der Waals surface area (Å²) in [5.74, 6) is 0.708. The maximum absolute atomic E-state index is 12.0. The number of rotatable bonds is 4. The van der Waals surface area contributed by atoms with Crippen LogP contribution >= 0.6 is 15.9 Å². The first-order valence-electron chi connectivity index (χ1n) is 4.90. The van der Waals surface area contributed by atoms with Crippen LogP contribution in [0.3, 0.4) is 0 Å². The van der Waals surface area contributed by atoms with Crippen molar-refractivity contribution in [3.8, 4) is 17.1 Å². The van der Waals surface area contributed by atoms with Crippen molar-refractivity contribution in [2.24, 2.45) is 0 Å². The van der Waals surface area contributed by atoms with Gasteiger partial charge in [0.25, 0.3) is 0 Å². The average Bonchev–Trinajstić information content (AvgIpc) is 2.76. The zero-order chi connectivity index (χ0) is 13.1. The molecule has 0 spiro atoms. The van der Waals surface area contributed by atoms with E-state index in [1.807, 2.05) is 0 Å². The minimum absolute atomic E-state index is 0.0443. The van der Waals surface area contributed by atoms with E-state index in [4.69, 9.17) is 4.42 Å². The lowest BCUT2D eigenvalue weighted by atomic mass is 10.2. The summed E-state index contributed by atoms with van der Waals surface area (Å²) in [6.45, 7) is -2.87. The number of alkyl halides is 2. The third-order valence-electron chi connectivity index (χ3n) is 2.17. The van der Waals surface area contributed by atoms with Crippen LogP contribution in [0.15, 0.2) is 39.2 Å². The highest BCUT2D eigenvalue weighted by Gasteiger charge is 2.11. The van der Waals surface area contributed by atoms with E-state index in [9.17, 15) is 13.6 Å². The molecule has 1 aromatic carbocycles. The SMILES string of the molecule is O=Cc1ccc(-c2ccc(OC(F)F)cc2Br)o1. The Kier molecular flexibility index (Phi) is 3.76. The quantitative estimate of drug-likeness (QED) is 0.796. The van der Waals surface area contributed by atoms with E-state index in [1.165, 1.54) is 18.2 Å². The number of furan rings is 1. The molecule has 2 aromatic rings. The minimum atomic E-state index is -2.87. The second-order valence-electron chi connectivity index (χ2n) is 3.34. The smallest absolute Gasteiger partial charge is 0.387 e. The fraction of sp³-hybridized carbons (Fsp3) is 0.0833. The fourth-order valence-corrected chi connectivity index (χ4v) is 1.99. The van der Waals surface area contributed by atoms with Crippen LogP contribution in [-0.4, -0.2) is 12.9 Å². The highest BCUT2D eigenvalue weighted by Crippen LogP contribution is 2.32.